The maximum absolute atomic E-state index is 14.2. The van der Waals surface area contributed by atoms with Crippen molar-refractivity contribution in [3.05, 3.63) is 63.3 Å². The van der Waals surface area contributed by atoms with Crippen molar-refractivity contribution in [2.75, 3.05) is 25.5 Å². The number of carbonyl (C=O) groups excluding carboxylic acids is 1. The molecule has 33 heavy (non-hydrogen) atoms. The fourth-order valence-electron chi connectivity index (χ4n) is 3.98. The number of aromatic nitrogens is 3. The number of benzene rings is 1. The van der Waals surface area contributed by atoms with Crippen molar-refractivity contribution in [3.8, 4) is 5.69 Å². The summed E-state index contributed by atoms with van der Waals surface area (Å²) in [7, 11) is 2.05. The Hall–Kier alpha value is -3.01. The highest BCUT2D eigenvalue weighted by Gasteiger charge is 2.22. The van der Waals surface area contributed by atoms with Crippen molar-refractivity contribution in [1.29, 1.82) is 0 Å². The van der Waals surface area contributed by atoms with Crippen LogP contribution in [0.3, 0.4) is 0 Å². The summed E-state index contributed by atoms with van der Waals surface area (Å²) in [6.45, 7) is 3.69. The highest BCUT2D eigenvalue weighted by molar-refractivity contribution is 7.12. The summed E-state index contributed by atoms with van der Waals surface area (Å²) in [6, 6.07) is 8.40. The molecule has 4 heterocycles. The second-order valence-corrected chi connectivity index (χ2v) is 9.52. The van der Waals surface area contributed by atoms with Crippen molar-refractivity contribution in [1.82, 2.24) is 25.0 Å². The molecule has 0 bridgehead atoms. The second kappa shape index (κ2) is 8.74. The van der Waals surface area contributed by atoms with E-state index in [4.69, 9.17) is 11.6 Å². The number of hydrogen-bond acceptors (Lipinski definition) is 6. The summed E-state index contributed by atoms with van der Waals surface area (Å²) in [5.41, 5.74) is 2.94. The molecule has 1 unspecified atom stereocenters. The lowest BCUT2D eigenvalue weighted by molar-refractivity contribution is 0.0942. The monoisotopic (exact) mass is 483 g/mol. The fraction of sp³-hybridized carbons (Fsp3) is 0.261. The third-order valence-corrected chi connectivity index (χ3v) is 6.97. The summed E-state index contributed by atoms with van der Waals surface area (Å²) in [4.78, 5) is 20.2. The molecule has 0 aliphatic carbocycles. The molecule has 7 nitrogen and oxygen atoms in total. The van der Waals surface area contributed by atoms with Gasteiger partial charge in [-0.05, 0) is 51.2 Å². The zero-order valence-corrected chi connectivity index (χ0v) is 19.7. The first-order chi connectivity index (χ1) is 15.9. The average Bonchev–Trinajstić information content (AvgIpc) is 3.50. The predicted octanol–water partition coefficient (Wildman–Crippen LogP) is 4.76. The number of likely N-dealkylation sites (N-methyl/N-ethyl adjacent to an activating group) is 1. The zero-order chi connectivity index (χ0) is 23.1. The average molecular weight is 484 g/mol. The van der Waals surface area contributed by atoms with Crippen molar-refractivity contribution in [3.63, 3.8) is 0 Å². The molecule has 1 aliphatic rings. The number of anilines is 2. The van der Waals surface area contributed by atoms with Gasteiger partial charge in [0.2, 0.25) is 0 Å². The fourth-order valence-corrected chi connectivity index (χ4v) is 4.96. The Morgan fingerprint density at radius 1 is 1.33 bits per heavy atom. The minimum atomic E-state index is -0.439. The van der Waals surface area contributed by atoms with Crippen LogP contribution < -0.4 is 10.6 Å². The maximum atomic E-state index is 14.2. The molecule has 1 aliphatic heterocycles. The van der Waals surface area contributed by atoms with Crippen LogP contribution in [0, 0.1) is 12.7 Å². The quantitative estimate of drug-likeness (QED) is 0.428. The van der Waals surface area contributed by atoms with E-state index in [-0.39, 0.29) is 17.6 Å². The Balaban J connectivity index is 1.40. The van der Waals surface area contributed by atoms with Crippen LogP contribution in [0.25, 0.3) is 16.7 Å². The number of halogens is 2. The Labute approximate surface area is 199 Å². The van der Waals surface area contributed by atoms with Gasteiger partial charge in [0.1, 0.15) is 5.82 Å². The minimum absolute atomic E-state index is 0.0691. The maximum Gasteiger partial charge on any atom is 0.261 e. The van der Waals surface area contributed by atoms with Gasteiger partial charge in [0.15, 0.2) is 5.65 Å². The van der Waals surface area contributed by atoms with E-state index in [1.54, 1.807) is 23.0 Å². The number of hydrogen-bond donors (Lipinski definition) is 2. The molecule has 1 amide bonds. The molecule has 1 saturated heterocycles. The number of likely N-dealkylation sites (tertiary alicyclic amines) is 1. The number of amides is 1. The van der Waals surface area contributed by atoms with Crippen molar-refractivity contribution < 1.29 is 9.18 Å². The summed E-state index contributed by atoms with van der Waals surface area (Å²) in [6.07, 6.45) is 2.66. The highest BCUT2D eigenvalue weighted by Crippen LogP contribution is 2.31. The van der Waals surface area contributed by atoms with Crippen molar-refractivity contribution >= 4 is 51.3 Å². The van der Waals surface area contributed by atoms with Crippen molar-refractivity contribution in [2.45, 2.75) is 19.4 Å². The number of aryl methyl sites for hydroxylation is 1. The Morgan fingerprint density at radius 3 is 2.94 bits per heavy atom. The van der Waals surface area contributed by atoms with E-state index in [9.17, 15) is 9.18 Å². The topological polar surface area (TPSA) is 75.1 Å². The van der Waals surface area contributed by atoms with Crippen LogP contribution in [0.2, 0.25) is 5.02 Å². The van der Waals surface area contributed by atoms with Gasteiger partial charge in [0.05, 0.1) is 38.9 Å². The van der Waals surface area contributed by atoms with E-state index in [2.05, 4.69) is 32.7 Å². The first kappa shape index (κ1) is 21.8. The normalized spacial score (nSPS) is 16.4. The van der Waals surface area contributed by atoms with Crippen LogP contribution in [0.5, 0.6) is 0 Å². The van der Waals surface area contributed by atoms with E-state index in [0.29, 0.717) is 26.9 Å². The smallest absolute Gasteiger partial charge is 0.261 e. The molecule has 0 radical (unpaired) electrons. The molecule has 1 aromatic carbocycles. The first-order valence-corrected chi connectivity index (χ1v) is 11.8. The van der Waals surface area contributed by atoms with E-state index in [0.717, 1.165) is 30.6 Å². The van der Waals surface area contributed by atoms with Gasteiger partial charge in [-0.25, -0.2) is 14.1 Å². The van der Waals surface area contributed by atoms with Crippen LogP contribution in [0.15, 0.2) is 41.9 Å². The van der Waals surface area contributed by atoms with Gasteiger partial charge < -0.3 is 15.5 Å². The molecule has 0 spiro atoms. The number of thiophene rings is 1. The van der Waals surface area contributed by atoms with Crippen LogP contribution in [-0.2, 0) is 0 Å². The number of carbonyl (C=O) groups is 1. The number of nitrogens with zero attached hydrogens (tertiary/aromatic N) is 4. The van der Waals surface area contributed by atoms with Gasteiger partial charge in [-0.2, -0.15) is 5.10 Å². The molecule has 4 aromatic rings. The van der Waals surface area contributed by atoms with E-state index in [1.807, 2.05) is 24.4 Å². The largest absolute Gasteiger partial charge is 0.350 e. The Kier molecular flexibility index (Phi) is 5.77. The van der Waals surface area contributed by atoms with Crippen LogP contribution in [0.1, 0.15) is 21.8 Å². The Morgan fingerprint density at radius 2 is 2.18 bits per heavy atom. The number of nitrogens with one attached hydrogen (secondary N) is 2. The molecule has 5 rings (SSSR count). The lowest BCUT2D eigenvalue weighted by Crippen LogP contribution is -2.36. The van der Waals surface area contributed by atoms with Gasteiger partial charge in [-0.1, -0.05) is 17.7 Å². The molecule has 1 fully saturated rings. The zero-order valence-electron chi connectivity index (χ0n) is 18.1. The first-order valence-electron chi connectivity index (χ1n) is 10.5. The van der Waals surface area contributed by atoms with Gasteiger partial charge in [-0.15, -0.1) is 11.3 Å². The lowest BCUT2D eigenvalue weighted by atomic mass is 10.2. The number of rotatable bonds is 5. The van der Waals surface area contributed by atoms with Gasteiger partial charge in [-0.3, -0.25) is 4.79 Å². The molecular weight excluding hydrogens is 462 g/mol. The van der Waals surface area contributed by atoms with Crippen LogP contribution >= 0.6 is 22.9 Å². The summed E-state index contributed by atoms with van der Waals surface area (Å²) in [5, 5.41) is 13.6. The van der Waals surface area contributed by atoms with Gasteiger partial charge in [0, 0.05) is 23.4 Å². The number of fused-ring (bicyclic) bond motifs is 1. The Bertz CT molecular complexity index is 1330. The predicted molar refractivity (Wildman–Crippen MR) is 130 cm³/mol. The highest BCUT2D eigenvalue weighted by atomic mass is 35.5. The standard InChI is InChI=1S/C23H22ClFN6OS/c1-13-19(29-21-17(24)4-3-5-18(21)25)8-14-10-26-31(22(14)27-13)16-9-20(33-12-16)23(32)28-15-6-7-30(2)11-15/h3-5,8-10,12,15,29H,6-7,11H2,1-2H3,(H,28,32)/i25-1. The number of para-hydroxylation sites is 1. The summed E-state index contributed by atoms with van der Waals surface area (Å²) < 4.78 is 15.9. The molecular formula is C23H22ClFN6OS. The minimum Gasteiger partial charge on any atom is -0.350 e. The molecule has 2 N–H and O–H groups in total. The molecule has 170 valence electrons. The molecule has 1 atom stereocenters. The number of pyridine rings is 1. The molecule has 10 heteroatoms. The van der Waals surface area contributed by atoms with Gasteiger partial charge >= 0.3 is 0 Å². The molecule has 3 aromatic heterocycles. The van der Waals surface area contributed by atoms with Crippen LogP contribution in [0.4, 0.5) is 15.8 Å². The summed E-state index contributed by atoms with van der Waals surface area (Å²) in [5.74, 6) is -0.508. The molecule has 0 saturated carbocycles. The lowest BCUT2D eigenvalue weighted by Gasteiger charge is -2.12. The summed E-state index contributed by atoms with van der Waals surface area (Å²) >= 11 is 7.53. The third-order valence-electron chi connectivity index (χ3n) is 5.74. The second-order valence-electron chi connectivity index (χ2n) is 8.20. The van der Waals surface area contributed by atoms with E-state index in [1.165, 1.54) is 17.4 Å². The van der Waals surface area contributed by atoms with Crippen LogP contribution in [-0.4, -0.2) is 51.8 Å². The van der Waals surface area contributed by atoms with Crippen molar-refractivity contribution in [2.24, 2.45) is 0 Å². The SMILES string of the molecule is Cc1nc2c(cnn2-c2csc(C(=O)NC3CCN(C)C3)c2)cc1Nc1c([18F])cccc1Cl. The third kappa shape index (κ3) is 4.31. The van der Waals surface area contributed by atoms with Gasteiger partial charge in [0.25, 0.3) is 5.91 Å². The van der Waals surface area contributed by atoms with E-state index >= 15 is 0 Å². The van der Waals surface area contributed by atoms with E-state index < -0.39 is 5.82 Å².